The van der Waals surface area contributed by atoms with Gasteiger partial charge in [0.1, 0.15) is 41.1 Å². The highest BCUT2D eigenvalue weighted by Crippen LogP contribution is 2.39. The van der Waals surface area contributed by atoms with E-state index in [-0.39, 0.29) is 22.4 Å². The van der Waals surface area contributed by atoms with Crippen LogP contribution in [-0.2, 0) is 25.5 Å². The van der Waals surface area contributed by atoms with E-state index in [2.05, 4.69) is 5.10 Å². The average molecular weight is 598 g/mol. The molecule has 0 aliphatic rings. The topological polar surface area (TPSA) is 27.1 Å². The highest BCUT2D eigenvalue weighted by Gasteiger charge is 2.35. The SMILES string of the molecule is Fc1cc(F)c(Cn2nc3c(C(F)(F)F)cccc3c2-c2cccc(OCc3cc(F)ccc3C(F)(F)F)c2)c(F)c1. The van der Waals surface area contributed by atoms with Gasteiger partial charge in [-0.15, -0.1) is 0 Å². The van der Waals surface area contributed by atoms with Crippen molar-refractivity contribution in [2.24, 2.45) is 0 Å². The van der Waals surface area contributed by atoms with E-state index < -0.39 is 76.5 Å². The molecule has 0 N–H and O–H groups in total. The first-order chi connectivity index (χ1) is 19.7. The summed E-state index contributed by atoms with van der Waals surface area (Å²) in [4.78, 5) is 0. The van der Waals surface area contributed by atoms with E-state index in [1.54, 1.807) is 0 Å². The monoisotopic (exact) mass is 598 g/mol. The van der Waals surface area contributed by atoms with Crippen LogP contribution in [0.15, 0.2) is 72.8 Å². The van der Waals surface area contributed by atoms with Crippen LogP contribution in [0.5, 0.6) is 5.75 Å². The maximum absolute atomic E-state index is 14.5. The summed E-state index contributed by atoms with van der Waals surface area (Å²) >= 11 is 0. The first-order valence-corrected chi connectivity index (χ1v) is 12.0. The molecule has 0 saturated carbocycles. The van der Waals surface area contributed by atoms with Crippen molar-refractivity contribution in [2.75, 3.05) is 0 Å². The van der Waals surface area contributed by atoms with Gasteiger partial charge in [-0.1, -0.05) is 24.3 Å². The van der Waals surface area contributed by atoms with Crippen LogP contribution in [0.2, 0.25) is 0 Å². The van der Waals surface area contributed by atoms with E-state index in [0.717, 1.165) is 16.8 Å². The molecule has 42 heavy (non-hydrogen) atoms. The zero-order valence-corrected chi connectivity index (χ0v) is 20.9. The number of aromatic nitrogens is 2. The van der Waals surface area contributed by atoms with Gasteiger partial charge in [0.25, 0.3) is 0 Å². The molecule has 5 rings (SSSR count). The summed E-state index contributed by atoms with van der Waals surface area (Å²) in [6, 6.07) is 11.3. The van der Waals surface area contributed by atoms with Gasteiger partial charge in [-0.05, 0) is 36.4 Å². The van der Waals surface area contributed by atoms with E-state index >= 15 is 0 Å². The summed E-state index contributed by atoms with van der Waals surface area (Å²) in [5.74, 6) is -4.75. The summed E-state index contributed by atoms with van der Waals surface area (Å²) in [6.07, 6.45) is -9.63. The molecule has 0 aliphatic heterocycles. The summed E-state index contributed by atoms with van der Waals surface area (Å²) in [5, 5.41) is 3.93. The van der Waals surface area contributed by atoms with E-state index in [1.807, 2.05) is 0 Å². The molecule has 1 aromatic heterocycles. The fourth-order valence-corrected chi connectivity index (χ4v) is 4.53. The number of halogens is 10. The fourth-order valence-electron chi connectivity index (χ4n) is 4.53. The van der Waals surface area contributed by atoms with Crippen molar-refractivity contribution in [1.82, 2.24) is 9.78 Å². The van der Waals surface area contributed by atoms with E-state index in [4.69, 9.17) is 4.74 Å². The summed E-state index contributed by atoms with van der Waals surface area (Å²) in [6.45, 7) is -1.44. The fraction of sp³-hybridized carbons (Fsp3) is 0.138. The van der Waals surface area contributed by atoms with Crippen molar-refractivity contribution in [2.45, 2.75) is 25.5 Å². The number of nitrogens with zero attached hydrogens (tertiary/aromatic N) is 2. The lowest BCUT2D eigenvalue weighted by Crippen LogP contribution is -2.11. The number of benzene rings is 4. The molecule has 13 heteroatoms. The van der Waals surface area contributed by atoms with Gasteiger partial charge in [0.05, 0.1) is 23.4 Å². The summed E-state index contributed by atoms with van der Waals surface area (Å²) in [5.41, 5.74) is -3.86. The van der Waals surface area contributed by atoms with Gasteiger partial charge < -0.3 is 4.74 Å². The van der Waals surface area contributed by atoms with E-state index in [9.17, 15) is 43.9 Å². The van der Waals surface area contributed by atoms with Crippen LogP contribution in [-0.4, -0.2) is 9.78 Å². The smallest absolute Gasteiger partial charge is 0.418 e. The average Bonchev–Trinajstić information content (AvgIpc) is 3.26. The van der Waals surface area contributed by atoms with Crippen LogP contribution in [0.3, 0.4) is 0 Å². The highest BCUT2D eigenvalue weighted by atomic mass is 19.4. The van der Waals surface area contributed by atoms with Crippen molar-refractivity contribution >= 4 is 10.9 Å². The van der Waals surface area contributed by atoms with E-state index in [1.165, 1.54) is 30.3 Å². The molecule has 0 spiro atoms. The Morgan fingerprint density at radius 2 is 1.36 bits per heavy atom. The molecule has 5 aromatic rings. The Balaban J connectivity index is 1.60. The Bertz CT molecular complexity index is 1770. The van der Waals surface area contributed by atoms with Crippen molar-refractivity contribution in [1.29, 1.82) is 0 Å². The van der Waals surface area contributed by atoms with Crippen LogP contribution in [0.25, 0.3) is 22.2 Å². The lowest BCUT2D eigenvalue weighted by Gasteiger charge is -2.15. The van der Waals surface area contributed by atoms with Crippen LogP contribution in [0, 0.1) is 23.3 Å². The largest absolute Gasteiger partial charge is 0.489 e. The van der Waals surface area contributed by atoms with Crippen molar-refractivity contribution in [3.8, 4) is 17.0 Å². The predicted molar refractivity (Wildman–Crippen MR) is 131 cm³/mol. The van der Waals surface area contributed by atoms with Gasteiger partial charge in [-0.3, -0.25) is 4.68 Å². The minimum absolute atomic E-state index is 0.0357. The lowest BCUT2D eigenvalue weighted by atomic mass is 10.0. The molecule has 0 radical (unpaired) electrons. The van der Waals surface area contributed by atoms with Crippen LogP contribution in [0.4, 0.5) is 43.9 Å². The molecule has 0 aliphatic carbocycles. The summed E-state index contributed by atoms with van der Waals surface area (Å²) in [7, 11) is 0. The standard InChI is InChI=1S/C29H16F10N2O/c30-17-7-8-22(28(34,35)36)16(9-17)14-42-19-4-1-3-15(10-19)27-20-5-2-6-23(29(37,38)39)26(20)40-41(27)13-21-24(32)11-18(31)12-25(21)33/h1-12H,13-14H2. The number of fused-ring (bicyclic) bond motifs is 1. The number of rotatable bonds is 6. The maximum atomic E-state index is 14.5. The summed E-state index contributed by atoms with van der Waals surface area (Å²) < 4.78 is 144. The van der Waals surface area contributed by atoms with Crippen LogP contribution in [0.1, 0.15) is 22.3 Å². The first kappa shape index (κ1) is 29.0. The molecule has 3 nitrogen and oxygen atoms in total. The minimum atomic E-state index is -4.84. The number of alkyl halides is 6. The third kappa shape index (κ3) is 5.76. The third-order valence-electron chi connectivity index (χ3n) is 6.36. The molecule has 218 valence electrons. The van der Waals surface area contributed by atoms with Gasteiger partial charge in [0, 0.05) is 34.2 Å². The number of hydrogen-bond donors (Lipinski definition) is 0. The van der Waals surface area contributed by atoms with Gasteiger partial charge >= 0.3 is 12.4 Å². The Morgan fingerprint density at radius 3 is 2.02 bits per heavy atom. The molecule has 1 heterocycles. The maximum Gasteiger partial charge on any atom is 0.418 e. The van der Waals surface area contributed by atoms with Gasteiger partial charge in [-0.25, -0.2) is 17.6 Å². The van der Waals surface area contributed by atoms with Gasteiger partial charge in [-0.2, -0.15) is 31.4 Å². The number of hydrogen-bond acceptors (Lipinski definition) is 2. The quantitative estimate of drug-likeness (QED) is 0.183. The molecule has 0 amide bonds. The normalized spacial score (nSPS) is 12.2. The Morgan fingerprint density at radius 1 is 0.690 bits per heavy atom. The molecule has 0 saturated heterocycles. The molecular formula is C29H16F10N2O. The zero-order valence-electron chi connectivity index (χ0n) is 20.9. The van der Waals surface area contributed by atoms with Crippen LogP contribution >= 0.6 is 0 Å². The molecule has 0 fully saturated rings. The number of ether oxygens (including phenoxy) is 1. The van der Waals surface area contributed by atoms with Crippen molar-refractivity contribution in [3.05, 3.63) is 118 Å². The molecular weight excluding hydrogens is 582 g/mol. The lowest BCUT2D eigenvalue weighted by molar-refractivity contribution is -0.138. The zero-order chi connectivity index (χ0) is 30.4. The van der Waals surface area contributed by atoms with Gasteiger partial charge in [0.2, 0.25) is 0 Å². The first-order valence-electron chi connectivity index (χ1n) is 12.0. The van der Waals surface area contributed by atoms with Gasteiger partial charge in [0.15, 0.2) is 0 Å². The molecule has 0 unspecified atom stereocenters. The molecule has 0 bridgehead atoms. The van der Waals surface area contributed by atoms with E-state index in [0.29, 0.717) is 30.3 Å². The van der Waals surface area contributed by atoms with Crippen molar-refractivity contribution in [3.63, 3.8) is 0 Å². The van der Waals surface area contributed by atoms with Crippen LogP contribution < -0.4 is 4.74 Å². The second-order valence-electron chi connectivity index (χ2n) is 9.17. The second-order valence-corrected chi connectivity index (χ2v) is 9.17. The second kappa shape index (κ2) is 10.7. The molecule has 4 aromatic carbocycles. The highest BCUT2D eigenvalue weighted by molar-refractivity contribution is 5.95. The predicted octanol–water partition coefficient (Wildman–Crippen LogP) is 8.92. The third-order valence-corrected chi connectivity index (χ3v) is 6.36. The van der Waals surface area contributed by atoms with Crippen molar-refractivity contribution < 1.29 is 48.6 Å². The minimum Gasteiger partial charge on any atom is -0.489 e. The Labute approximate surface area is 230 Å². The Hall–Kier alpha value is -4.55. The molecule has 0 atom stereocenters. The Kier molecular flexibility index (Phi) is 7.37.